The van der Waals surface area contributed by atoms with Gasteiger partial charge in [-0.1, -0.05) is 19.1 Å². The fourth-order valence-electron chi connectivity index (χ4n) is 2.77. The molecule has 0 bridgehead atoms. The summed E-state index contributed by atoms with van der Waals surface area (Å²) < 4.78 is 5.23. The van der Waals surface area contributed by atoms with E-state index in [0.717, 1.165) is 50.7 Å². The lowest BCUT2D eigenvalue weighted by atomic mass is 9.98. The third-order valence-corrected chi connectivity index (χ3v) is 4.97. The van der Waals surface area contributed by atoms with Crippen molar-refractivity contribution in [2.75, 3.05) is 40.3 Å². The summed E-state index contributed by atoms with van der Waals surface area (Å²) in [6.45, 7) is 12.6. The third-order valence-electron chi connectivity index (χ3n) is 4.97. The first-order chi connectivity index (χ1) is 13.0. The van der Waals surface area contributed by atoms with E-state index in [1.54, 1.807) is 7.11 Å². The number of ether oxygens (including phenoxy) is 1. The molecule has 0 spiro atoms. The van der Waals surface area contributed by atoms with Crippen molar-refractivity contribution in [3.8, 4) is 5.75 Å². The molecule has 28 heavy (non-hydrogen) atoms. The normalized spacial score (nSPS) is 12.6. The number of hydrogen-bond donors (Lipinski definition) is 2. The lowest BCUT2D eigenvalue weighted by Gasteiger charge is -2.20. The molecule has 0 aliphatic heterocycles. The molecule has 2 N–H and O–H groups in total. The van der Waals surface area contributed by atoms with Crippen LogP contribution in [0.3, 0.4) is 0 Å². The van der Waals surface area contributed by atoms with E-state index in [1.807, 2.05) is 12.1 Å². The zero-order valence-electron chi connectivity index (χ0n) is 18.6. The van der Waals surface area contributed by atoms with Crippen LogP contribution in [0.5, 0.6) is 5.75 Å². The molecule has 6 heteroatoms. The van der Waals surface area contributed by atoms with Gasteiger partial charge in [-0.05, 0) is 77.2 Å². The van der Waals surface area contributed by atoms with Gasteiger partial charge in [0.15, 0.2) is 5.96 Å². The standard InChI is InChI=1S/C22H40N4O.HI/c1-7-23-22(24-15-8-9-17-26(5)18(2)3)25-16-14-19(4)20-10-12-21(27-6)13-11-20;/h10-13,18-19H,7-9,14-17H2,1-6H3,(H2,23,24,25);1H. The molecule has 0 saturated heterocycles. The Hall–Kier alpha value is -1.02. The summed E-state index contributed by atoms with van der Waals surface area (Å²) in [5, 5.41) is 6.81. The fraction of sp³-hybridized carbons (Fsp3) is 0.682. The molecule has 0 heterocycles. The summed E-state index contributed by atoms with van der Waals surface area (Å²) in [6, 6.07) is 8.97. The average molecular weight is 505 g/mol. The van der Waals surface area contributed by atoms with E-state index < -0.39 is 0 Å². The molecule has 0 fully saturated rings. The molecule has 1 aromatic rings. The molecule has 0 amide bonds. The van der Waals surface area contributed by atoms with Crippen molar-refractivity contribution in [2.45, 2.75) is 58.9 Å². The monoisotopic (exact) mass is 504 g/mol. The summed E-state index contributed by atoms with van der Waals surface area (Å²) in [5.41, 5.74) is 1.34. The van der Waals surface area contributed by atoms with Gasteiger partial charge in [0.05, 0.1) is 7.11 Å². The van der Waals surface area contributed by atoms with Crippen LogP contribution >= 0.6 is 24.0 Å². The van der Waals surface area contributed by atoms with E-state index in [1.165, 1.54) is 12.0 Å². The van der Waals surface area contributed by atoms with Crippen molar-refractivity contribution in [2.24, 2.45) is 4.99 Å². The molecule has 162 valence electrons. The minimum absolute atomic E-state index is 0. The van der Waals surface area contributed by atoms with Gasteiger partial charge in [0.2, 0.25) is 0 Å². The number of aliphatic imine (C=N–C) groups is 1. The van der Waals surface area contributed by atoms with Gasteiger partial charge in [-0.15, -0.1) is 24.0 Å². The summed E-state index contributed by atoms with van der Waals surface area (Å²) in [4.78, 5) is 7.09. The van der Waals surface area contributed by atoms with E-state index in [0.29, 0.717) is 12.0 Å². The van der Waals surface area contributed by atoms with E-state index in [2.05, 4.69) is 62.4 Å². The second kappa shape index (κ2) is 15.9. The van der Waals surface area contributed by atoms with Gasteiger partial charge in [-0.25, -0.2) is 0 Å². The highest BCUT2D eigenvalue weighted by Crippen LogP contribution is 2.21. The highest BCUT2D eigenvalue weighted by molar-refractivity contribution is 14.0. The molecule has 0 aliphatic rings. The number of benzene rings is 1. The molecule has 0 aromatic heterocycles. The Labute approximate surface area is 189 Å². The van der Waals surface area contributed by atoms with Crippen LogP contribution in [0.4, 0.5) is 0 Å². The Kier molecular flexibility index (Phi) is 15.3. The molecule has 1 unspecified atom stereocenters. The molecule has 5 nitrogen and oxygen atoms in total. The first-order valence-corrected chi connectivity index (χ1v) is 10.3. The number of methoxy groups -OCH3 is 1. The average Bonchev–Trinajstić information content (AvgIpc) is 2.67. The Morgan fingerprint density at radius 3 is 2.36 bits per heavy atom. The predicted octanol–water partition coefficient (Wildman–Crippen LogP) is 4.48. The fourth-order valence-corrected chi connectivity index (χ4v) is 2.77. The quantitative estimate of drug-likeness (QED) is 0.191. The van der Waals surface area contributed by atoms with Crippen molar-refractivity contribution >= 4 is 29.9 Å². The second-order valence-corrected chi connectivity index (χ2v) is 7.43. The predicted molar refractivity (Wildman–Crippen MR) is 132 cm³/mol. The van der Waals surface area contributed by atoms with Crippen molar-refractivity contribution < 1.29 is 4.74 Å². The summed E-state index contributed by atoms with van der Waals surface area (Å²) >= 11 is 0. The highest BCUT2D eigenvalue weighted by Gasteiger charge is 2.06. The van der Waals surface area contributed by atoms with Crippen LogP contribution in [0.1, 0.15) is 58.4 Å². The smallest absolute Gasteiger partial charge is 0.191 e. The van der Waals surface area contributed by atoms with Crippen LogP contribution in [0.25, 0.3) is 0 Å². The van der Waals surface area contributed by atoms with Gasteiger partial charge < -0.3 is 20.3 Å². The van der Waals surface area contributed by atoms with E-state index in [-0.39, 0.29) is 24.0 Å². The van der Waals surface area contributed by atoms with E-state index in [9.17, 15) is 0 Å². The van der Waals surface area contributed by atoms with Crippen LogP contribution < -0.4 is 15.4 Å². The van der Waals surface area contributed by atoms with E-state index in [4.69, 9.17) is 9.73 Å². The Morgan fingerprint density at radius 2 is 1.79 bits per heavy atom. The lowest BCUT2D eigenvalue weighted by molar-refractivity contribution is 0.269. The number of hydrogen-bond acceptors (Lipinski definition) is 3. The molecular formula is C22H41IN4O. The molecule has 1 atom stereocenters. The van der Waals surface area contributed by atoms with Gasteiger partial charge in [0.25, 0.3) is 0 Å². The topological polar surface area (TPSA) is 48.9 Å². The van der Waals surface area contributed by atoms with Crippen molar-refractivity contribution in [3.63, 3.8) is 0 Å². The van der Waals surface area contributed by atoms with Crippen LogP contribution in [0.2, 0.25) is 0 Å². The van der Waals surface area contributed by atoms with Crippen LogP contribution in [0.15, 0.2) is 29.3 Å². The number of nitrogens with zero attached hydrogens (tertiary/aromatic N) is 2. The number of rotatable bonds is 12. The van der Waals surface area contributed by atoms with Crippen LogP contribution in [-0.2, 0) is 0 Å². The Morgan fingerprint density at radius 1 is 1.11 bits per heavy atom. The number of unbranched alkanes of at least 4 members (excludes halogenated alkanes) is 1. The van der Waals surface area contributed by atoms with Crippen molar-refractivity contribution in [1.82, 2.24) is 15.5 Å². The SMILES string of the molecule is CCNC(=NCCCCN(C)C(C)C)NCCC(C)c1ccc(OC)cc1.I. The first kappa shape index (κ1) is 27.0. The summed E-state index contributed by atoms with van der Waals surface area (Å²) in [7, 11) is 3.88. The summed E-state index contributed by atoms with van der Waals surface area (Å²) in [6.07, 6.45) is 3.37. The highest BCUT2D eigenvalue weighted by atomic mass is 127. The van der Waals surface area contributed by atoms with Crippen molar-refractivity contribution in [1.29, 1.82) is 0 Å². The first-order valence-electron chi connectivity index (χ1n) is 10.3. The number of halogens is 1. The van der Waals surface area contributed by atoms with Crippen LogP contribution in [0, 0.1) is 0 Å². The largest absolute Gasteiger partial charge is 0.497 e. The minimum atomic E-state index is 0. The maximum Gasteiger partial charge on any atom is 0.191 e. The van der Waals surface area contributed by atoms with Gasteiger partial charge >= 0.3 is 0 Å². The maximum atomic E-state index is 5.23. The minimum Gasteiger partial charge on any atom is -0.497 e. The van der Waals surface area contributed by atoms with Crippen molar-refractivity contribution in [3.05, 3.63) is 29.8 Å². The van der Waals surface area contributed by atoms with Gasteiger partial charge in [0.1, 0.15) is 5.75 Å². The zero-order chi connectivity index (χ0) is 20.1. The maximum absolute atomic E-state index is 5.23. The number of guanidine groups is 1. The lowest BCUT2D eigenvalue weighted by Crippen LogP contribution is -2.38. The van der Waals surface area contributed by atoms with Crippen LogP contribution in [-0.4, -0.2) is 57.2 Å². The molecule has 1 aromatic carbocycles. The Bertz CT molecular complexity index is 534. The molecular weight excluding hydrogens is 463 g/mol. The second-order valence-electron chi connectivity index (χ2n) is 7.43. The molecule has 0 saturated carbocycles. The molecule has 0 aliphatic carbocycles. The molecule has 0 radical (unpaired) electrons. The van der Waals surface area contributed by atoms with E-state index >= 15 is 0 Å². The Balaban J connectivity index is 0.00000729. The van der Waals surface area contributed by atoms with Gasteiger partial charge in [-0.3, -0.25) is 4.99 Å². The van der Waals surface area contributed by atoms with Gasteiger partial charge in [0, 0.05) is 25.7 Å². The third kappa shape index (κ3) is 11.1. The number of nitrogens with one attached hydrogen (secondary N) is 2. The zero-order valence-corrected chi connectivity index (χ0v) is 21.0. The molecule has 1 rings (SSSR count). The summed E-state index contributed by atoms with van der Waals surface area (Å²) in [5.74, 6) is 2.33. The van der Waals surface area contributed by atoms with Gasteiger partial charge in [-0.2, -0.15) is 0 Å².